The van der Waals surface area contributed by atoms with E-state index in [0.29, 0.717) is 51.4 Å². The average molecular weight is 1010 g/mol. The van der Waals surface area contributed by atoms with Gasteiger partial charge in [-0.1, -0.05) is 6.08 Å². The molecule has 4 aliphatic heterocycles. The second-order valence-electron chi connectivity index (χ2n) is 19.8. The molecule has 25 nitrogen and oxygen atoms in total. The van der Waals surface area contributed by atoms with Crippen LogP contribution in [0.15, 0.2) is 12.2 Å². The lowest BCUT2D eigenvalue weighted by Gasteiger charge is -2.50. The highest BCUT2D eigenvalue weighted by atomic mass is 16.8. The molecule has 7 aliphatic rings. The van der Waals surface area contributed by atoms with Crippen LogP contribution in [0.1, 0.15) is 77.0 Å². The molecule has 21 atom stereocenters. The molecule has 70 heavy (non-hydrogen) atoms. The molecule has 4 saturated heterocycles. The molecule has 7 fully saturated rings. The van der Waals surface area contributed by atoms with Crippen molar-refractivity contribution in [1.29, 1.82) is 0 Å². The standard InChI is InChI=1S/C45H70O25/c46-15-27-33(54)36(57)40(61)44(67-27)70-42-38(59)35(56)29(16-62-31(52)10-3-18-1-6-20(47)7-2-18)69-45(42)66-26-13-23-24(64-41(26)19-4-8-21(48)9-5-19)11-22(49)12-25(23)65-43-39(60)37(58)34(55)28(68-43)17-63-32(53)14-30(50)51/h3,10,18-29,33-49,54-61H,1-2,4-9,11-17H2,(H,50,51)/p+1/t18?,19?,20?,21?,22?,23?,24?,25?,26?,27-,28-,29-,33-,34-,35-,36+,37+,38+,39-,40-,41?,42-,43-,44+,45-/m1/s1. The number of aliphatic hydroxyl groups excluding tert-OH is 12. The Labute approximate surface area is 402 Å². The number of carbonyl (C=O) groups excluding carboxylic acids is 2. The summed E-state index contributed by atoms with van der Waals surface area (Å²) in [5, 5.41) is 138. The first-order chi connectivity index (χ1) is 33.3. The first kappa shape index (κ1) is 55.1. The zero-order chi connectivity index (χ0) is 50.6. The summed E-state index contributed by atoms with van der Waals surface area (Å²) in [7, 11) is 0. The first-order valence-corrected chi connectivity index (χ1v) is 24.3. The molecule has 25 heteroatoms. The molecule has 0 aromatic heterocycles. The molecule has 0 aromatic carbocycles. The number of allylic oxidation sites excluding steroid dienone is 1. The molecule has 4 heterocycles. The quantitative estimate of drug-likeness (QED) is 0.0298. The maximum absolute atomic E-state index is 12.9. The lowest BCUT2D eigenvalue weighted by molar-refractivity contribution is -0.389. The van der Waals surface area contributed by atoms with Crippen molar-refractivity contribution in [2.24, 2.45) is 17.8 Å². The topological polar surface area (TPSA) is 401 Å². The number of carbonyl (C=O) groups is 3. The van der Waals surface area contributed by atoms with E-state index in [4.69, 9.17) is 47.7 Å². The van der Waals surface area contributed by atoms with Gasteiger partial charge in [0.2, 0.25) is 0 Å². The number of carboxylic acids is 1. The lowest BCUT2D eigenvalue weighted by Crippen LogP contribution is -2.66. The van der Waals surface area contributed by atoms with E-state index in [9.17, 15) is 75.7 Å². The van der Waals surface area contributed by atoms with Crippen LogP contribution >= 0.6 is 0 Å². The molecular formula is C45H71O25+. The van der Waals surface area contributed by atoms with Crippen LogP contribution in [-0.4, -0.2) is 244 Å². The van der Waals surface area contributed by atoms with Crippen molar-refractivity contribution < 1.29 is 123 Å². The zero-order valence-corrected chi connectivity index (χ0v) is 38.4. The number of hydrogen-bond acceptors (Lipinski definition) is 23. The molecule has 0 aromatic rings. The van der Waals surface area contributed by atoms with Crippen LogP contribution in [0, 0.1) is 17.8 Å². The van der Waals surface area contributed by atoms with Gasteiger partial charge >= 0.3 is 17.9 Å². The minimum Gasteiger partial charge on any atom is -0.481 e. The number of carboxylic acid groups (broad SMARTS) is 1. The summed E-state index contributed by atoms with van der Waals surface area (Å²) in [4.78, 5) is 35.9. The molecule has 14 N–H and O–H groups in total. The van der Waals surface area contributed by atoms with Crippen molar-refractivity contribution in [3.05, 3.63) is 12.2 Å². The smallest absolute Gasteiger partial charge is 0.330 e. The Morgan fingerprint density at radius 2 is 1.10 bits per heavy atom. The van der Waals surface area contributed by atoms with Gasteiger partial charge in [-0.05, 0) is 63.7 Å². The van der Waals surface area contributed by atoms with E-state index in [-0.39, 0.29) is 31.1 Å². The number of aliphatic hydroxyl groups is 14. The van der Waals surface area contributed by atoms with Crippen molar-refractivity contribution in [1.82, 2.24) is 0 Å². The highest BCUT2D eigenvalue weighted by Gasteiger charge is 2.58. The van der Waals surface area contributed by atoms with Gasteiger partial charge in [-0.3, -0.25) is 9.59 Å². The van der Waals surface area contributed by atoms with Crippen molar-refractivity contribution in [3.63, 3.8) is 0 Å². The third kappa shape index (κ3) is 13.4. The fourth-order valence-corrected chi connectivity index (χ4v) is 10.8. The molecule has 3 saturated carbocycles. The summed E-state index contributed by atoms with van der Waals surface area (Å²) >= 11 is 0. The second-order valence-corrected chi connectivity index (χ2v) is 19.8. The molecule has 0 radical (unpaired) electrons. The van der Waals surface area contributed by atoms with E-state index in [0.717, 1.165) is 0 Å². The molecule has 400 valence electrons. The maximum atomic E-state index is 12.9. The summed E-state index contributed by atoms with van der Waals surface area (Å²) in [6.07, 6.45) is -25.0. The summed E-state index contributed by atoms with van der Waals surface area (Å²) < 4.78 is 52.3. The van der Waals surface area contributed by atoms with Crippen molar-refractivity contribution in [2.45, 2.75) is 212 Å². The Morgan fingerprint density at radius 1 is 0.557 bits per heavy atom. The molecule has 0 bridgehead atoms. The molecule has 0 spiro atoms. The van der Waals surface area contributed by atoms with Crippen LogP contribution in [0.5, 0.6) is 0 Å². The number of esters is 2. The van der Waals surface area contributed by atoms with Gasteiger partial charge in [-0.2, -0.15) is 0 Å². The Hall–Kier alpha value is -2.61. The molecule has 6 unspecified atom stereocenters. The minimum atomic E-state index is -1.95. The van der Waals surface area contributed by atoms with E-state index in [1.807, 2.05) is 0 Å². The van der Waals surface area contributed by atoms with E-state index in [2.05, 4.69) is 0 Å². The number of aliphatic carboxylic acids is 1. The van der Waals surface area contributed by atoms with E-state index < -0.39 is 185 Å². The van der Waals surface area contributed by atoms with Gasteiger partial charge in [0.05, 0.1) is 36.9 Å². The van der Waals surface area contributed by atoms with Gasteiger partial charge in [0, 0.05) is 24.8 Å². The van der Waals surface area contributed by atoms with Gasteiger partial charge in [-0.25, -0.2) is 4.79 Å². The minimum absolute atomic E-state index is 0.0331. The maximum Gasteiger partial charge on any atom is 0.330 e. The van der Waals surface area contributed by atoms with Gasteiger partial charge in [-0.15, -0.1) is 0 Å². The summed E-state index contributed by atoms with van der Waals surface area (Å²) in [6.45, 7) is -2.12. The first-order valence-electron chi connectivity index (χ1n) is 24.3. The van der Waals surface area contributed by atoms with Crippen LogP contribution in [0.2, 0.25) is 0 Å². The number of fused-ring (bicyclic) bond motifs is 1. The normalized spacial score (nSPS) is 47.0. The predicted molar refractivity (Wildman–Crippen MR) is 228 cm³/mol. The summed E-state index contributed by atoms with van der Waals surface area (Å²) in [6, 6.07) is 0. The van der Waals surface area contributed by atoms with Crippen molar-refractivity contribution in [2.75, 3.05) is 19.8 Å². The molecule has 7 rings (SSSR count). The second kappa shape index (κ2) is 24.6. The van der Waals surface area contributed by atoms with E-state index >= 15 is 0 Å². The van der Waals surface area contributed by atoms with Crippen LogP contribution in [0.3, 0.4) is 0 Å². The zero-order valence-electron chi connectivity index (χ0n) is 38.4. The Balaban J connectivity index is 1.14. The third-order valence-electron chi connectivity index (χ3n) is 14.9. The van der Waals surface area contributed by atoms with Crippen LogP contribution < -0.4 is 0 Å². The summed E-state index contributed by atoms with van der Waals surface area (Å²) in [5.74, 6) is -4.23. The fraction of sp³-hybridized carbons (Fsp3) is 0.889. The Morgan fingerprint density at radius 3 is 1.73 bits per heavy atom. The summed E-state index contributed by atoms with van der Waals surface area (Å²) in [5.41, 5.74) is 0. The number of hydrogen-bond donors (Lipinski definition) is 13. The SMILES string of the molecule is O=C(O)CC(=O)OC[C@H]1O[C@@H](OC2CC(O)CC3[OH+]C(C4CCC(O)CC4)C(O[C@@H]4O[C@H](COC(=O)C=CC5CCC(O)CC5)[C@@H](O)[C@H](O)[C@H]4O[C@@H]4O[C@H](CO)[C@@H](O)[C@H](O)[C@H]4O)CC23)[C@H](O)[C@@H](O)[C@@H]1O. The molecule has 0 amide bonds. The van der Waals surface area contributed by atoms with Crippen molar-refractivity contribution >= 4 is 17.9 Å². The molecule has 3 aliphatic carbocycles. The number of ether oxygens (including phenoxy) is 9. The van der Waals surface area contributed by atoms with E-state index in [1.165, 1.54) is 6.08 Å². The van der Waals surface area contributed by atoms with Crippen LogP contribution in [-0.2, 0) is 52.3 Å². The van der Waals surface area contributed by atoms with Gasteiger partial charge in [0.15, 0.2) is 31.1 Å². The monoisotopic (exact) mass is 1010 g/mol. The van der Waals surface area contributed by atoms with Gasteiger partial charge in [0.1, 0.15) is 99.0 Å². The van der Waals surface area contributed by atoms with Crippen molar-refractivity contribution in [3.8, 4) is 0 Å². The fourth-order valence-electron chi connectivity index (χ4n) is 10.8. The Bertz CT molecular complexity index is 1720. The van der Waals surface area contributed by atoms with Gasteiger partial charge in [0.25, 0.3) is 0 Å². The predicted octanol–water partition coefficient (Wildman–Crippen LogP) is -5.14. The average Bonchev–Trinajstić information content (AvgIpc) is 3.32. The Kier molecular flexibility index (Phi) is 19.4. The van der Waals surface area contributed by atoms with E-state index in [1.54, 1.807) is 6.08 Å². The highest BCUT2D eigenvalue weighted by Crippen LogP contribution is 2.44. The lowest BCUT2D eigenvalue weighted by atomic mass is 9.73. The largest absolute Gasteiger partial charge is 0.481 e. The molecular weight excluding hydrogens is 940 g/mol. The van der Waals surface area contributed by atoms with Crippen LogP contribution in [0.25, 0.3) is 0 Å². The van der Waals surface area contributed by atoms with Gasteiger partial charge < -0.3 is 109 Å². The third-order valence-corrected chi connectivity index (χ3v) is 14.9. The number of rotatable bonds is 16. The highest BCUT2D eigenvalue weighted by molar-refractivity contribution is 5.90. The van der Waals surface area contributed by atoms with Crippen LogP contribution in [0.4, 0.5) is 0 Å².